The first-order valence-corrected chi connectivity index (χ1v) is 7.24. The fourth-order valence-corrected chi connectivity index (χ4v) is 3.21. The second kappa shape index (κ2) is 5.40. The molecule has 2 atom stereocenters. The van der Waals surface area contributed by atoms with E-state index in [0.717, 1.165) is 6.42 Å². The lowest BCUT2D eigenvalue weighted by atomic mass is 9.69. The maximum atomic E-state index is 12.3. The highest BCUT2D eigenvalue weighted by atomic mass is 16.3. The summed E-state index contributed by atoms with van der Waals surface area (Å²) in [4.78, 5) is 12.3. The zero-order valence-corrected chi connectivity index (χ0v) is 12.5. The zero-order valence-electron chi connectivity index (χ0n) is 12.5. The summed E-state index contributed by atoms with van der Waals surface area (Å²) in [6.07, 6.45) is 6.36. The molecule has 0 radical (unpaired) electrons. The summed E-state index contributed by atoms with van der Waals surface area (Å²) in [5.41, 5.74) is 0.905. The molecule has 1 N–H and O–H groups in total. The van der Waals surface area contributed by atoms with Crippen LogP contribution in [-0.2, 0) is 0 Å². The highest BCUT2D eigenvalue weighted by Gasteiger charge is 2.35. The predicted molar refractivity (Wildman–Crippen MR) is 76.1 cm³/mol. The summed E-state index contributed by atoms with van der Waals surface area (Å²) in [5.74, 6) is 1.26. The number of carbonyl (C=O) groups excluding carboxylic acids is 1. The lowest BCUT2D eigenvalue weighted by Gasteiger charge is -2.40. The van der Waals surface area contributed by atoms with E-state index in [2.05, 4.69) is 26.1 Å². The van der Waals surface area contributed by atoms with Crippen molar-refractivity contribution in [3.05, 3.63) is 23.7 Å². The van der Waals surface area contributed by atoms with E-state index in [1.807, 2.05) is 6.92 Å². The third-order valence-corrected chi connectivity index (χ3v) is 4.30. The molecule has 0 unspecified atom stereocenters. The minimum atomic E-state index is 0.00685. The molecule has 0 aromatic carbocycles. The highest BCUT2D eigenvalue weighted by Crippen LogP contribution is 2.38. The van der Waals surface area contributed by atoms with Crippen molar-refractivity contribution in [2.24, 2.45) is 11.3 Å². The largest absolute Gasteiger partial charge is 0.469 e. The number of amides is 1. The Kier molecular flexibility index (Phi) is 4.02. The summed E-state index contributed by atoms with van der Waals surface area (Å²) in [6.45, 7) is 8.64. The Morgan fingerprint density at radius 1 is 1.32 bits per heavy atom. The molecule has 106 valence electrons. The minimum absolute atomic E-state index is 0.00685. The summed E-state index contributed by atoms with van der Waals surface area (Å²) in [6, 6.07) is 2.04. The van der Waals surface area contributed by atoms with Crippen LogP contribution in [0.3, 0.4) is 0 Å². The molecule has 0 saturated heterocycles. The molecule has 1 aliphatic carbocycles. The molecule has 2 rings (SSSR count). The Balaban J connectivity index is 2.08. The summed E-state index contributed by atoms with van der Waals surface area (Å²) < 4.78 is 5.21. The third kappa shape index (κ3) is 3.20. The maximum Gasteiger partial charge on any atom is 0.255 e. The lowest BCUT2D eigenvalue weighted by Crippen LogP contribution is -2.46. The van der Waals surface area contributed by atoms with Gasteiger partial charge < -0.3 is 9.73 Å². The van der Waals surface area contributed by atoms with E-state index >= 15 is 0 Å². The van der Waals surface area contributed by atoms with Crippen LogP contribution in [0.2, 0.25) is 0 Å². The van der Waals surface area contributed by atoms with Gasteiger partial charge in [-0.2, -0.15) is 0 Å². The number of hydrogen-bond acceptors (Lipinski definition) is 2. The first kappa shape index (κ1) is 14.2. The van der Waals surface area contributed by atoms with Gasteiger partial charge in [-0.3, -0.25) is 4.79 Å². The number of nitrogens with one attached hydrogen (secondary N) is 1. The van der Waals surface area contributed by atoms with Crippen molar-refractivity contribution in [3.63, 3.8) is 0 Å². The normalized spacial score (nSPS) is 24.2. The van der Waals surface area contributed by atoms with Crippen molar-refractivity contribution in [2.75, 3.05) is 0 Å². The molecule has 0 spiro atoms. The van der Waals surface area contributed by atoms with Crippen LogP contribution in [0.15, 0.2) is 16.7 Å². The molecule has 1 amide bonds. The van der Waals surface area contributed by atoms with E-state index in [1.165, 1.54) is 19.3 Å². The van der Waals surface area contributed by atoms with Gasteiger partial charge in [0.25, 0.3) is 5.91 Å². The van der Waals surface area contributed by atoms with Gasteiger partial charge in [0.1, 0.15) is 5.76 Å². The standard InChI is InChI=1S/C16H25NO2/c1-11-12(9-10-19-11)15(18)17-14-8-6-5-7-13(14)16(2,3)4/h9-10,13-14H,5-8H2,1-4H3,(H,17,18)/t13-,14-/m1/s1. The molecule has 1 aliphatic rings. The predicted octanol–water partition coefficient (Wildman–Crippen LogP) is 3.92. The molecule has 3 heteroatoms. The monoisotopic (exact) mass is 263 g/mol. The summed E-state index contributed by atoms with van der Waals surface area (Å²) in [7, 11) is 0. The molecular formula is C16H25NO2. The fourth-order valence-electron chi connectivity index (χ4n) is 3.21. The number of aryl methyl sites for hydroxylation is 1. The average molecular weight is 263 g/mol. The molecule has 1 heterocycles. The van der Waals surface area contributed by atoms with Crippen LogP contribution in [0.25, 0.3) is 0 Å². The zero-order chi connectivity index (χ0) is 14.0. The van der Waals surface area contributed by atoms with Crippen molar-refractivity contribution in [1.29, 1.82) is 0 Å². The third-order valence-electron chi connectivity index (χ3n) is 4.30. The van der Waals surface area contributed by atoms with E-state index in [-0.39, 0.29) is 17.4 Å². The van der Waals surface area contributed by atoms with E-state index in [1.54, 1.807) is 12.3 Å². The number of hydrogen-bond donors (Lipinski definition) is 1. The van der Waals surface area contributed by atoms with Gasteiger partial charge in [0.2, 0.25) is 0 Å². The Bertz CT molecular complexity index is 442. The van der Waals surface area contributed by atoms with E-state index in [4.69, 9.17) is 4.42 Å². The van der Waals surface area contributed by atoms with Gasteiger partial charge in [-0.1, -0.05) is 33.6 Å². The average Bonchev–Trinajstić information content (AvgIpc) is 2.75. The van der Waals surface area contributed by atoms with Gasteiger partial charge in [0.15, 0.2) is 0 Å². The molecule has 1 aromatic rings. The Morgan fingerprint density at radius 3 is 2.58 bits per heavy atom. The second-order valence-electron chi connectivity index (χ2n) is 6.73. The smallest absolute Gasteiger partial charge is 0.255 e. The Hall–Kier alpha value is -1.25. The first-order valence-electron chi connectivity index (χ1n) is 7.24. The minimum Gasteiger partial charge on any atom is -0.469 e. The molecule has 1 aromatic heterocycles. The van der Waals surface area contributed by atoms with Crippen LogP contribution < -0.4 is 5.32 Å². The number of carbonyl (C=O) groups is 1. The van der Waals surface area contributed by atoms with E-state index in [9.17, 15) is 4.79 Å². The number of rotatable bonds is 2. The molecule has 1 fully saturated rings. The van der Waals surface area contributed by atoms with Crippen molar-refractivity contribution in [2.45, 2.75) is 59.4 Å². The van der Waals surface area contributed by atoms with Crippen LogP contribution in [0.5, 0.6) is 0 Å². The molecule has 19 heavy (non-hydrogen) atoms. The van der Waals surface area contributed by atoms with Crippen molar-refractivity contribution in [1.82, 2.24) is 5.32 Å². The van der Waals surface area contributed by atoms with Crippen molar-refractivity contribution < 1.29 is 9.21 Å². The van der Waals surface area contributed by atoms with Crippen LogP contribution in [0, 0.1) is 18.3 Å². The Morgan fingerprint density at radius 2 is 2.00 bits per heavy atom. The number of furan rings is 1. The second-order valence-corrected chi connectivity index (χ2v) is 6.73. The van der Waals surface area contributed by atoms with Crippen LogP contribution in [0.1, 0.15) is 62.6 Å². The quantitative estimate of drug-likeness (QED) is 0.878. The van der Waals surface area contributed by atoms with Gasteiger partial charge in [-0.15, -0.1) is 0 Å². The van der Waals surface area contributed by atoms with Crippen molar-refractivity contribution in [3.8, 4) is 0 Å². The van der Waals surface area contributed by atoms with Crippen molar-refractivity contribution >= 4 is 5.91 Å². The van der Waals surface area contributed by atoms with Crippen LogP contribution in [0.4, 0.5) is 0 Å². The molecule has 0 aliphatic heterocycles. The van der Waals surface area contributed by atoms with E-state index < -0.39 is 0 Å². The van der Waals surface area contributed by atoms with E-state index in [0.29, 0.717) is 17.2 Å². The van der Waals surface area contributed by atoms with Gasteiger partial charge in [-0.05, 0) is 37.2 Å². The molecule has 1 saturated carbocycles. The lowest BCUT2D eigenvalue weighted by molar-refractivity contribution is 0.0828. The Labute approximate surface area is 115 Å². The maximum absolute atomic E-state index is 12.3. The van der Waals surface area contributed by atoms with Gasteiger partial charge in [0.05, 0.1) is 11.8 Å². The van der Waals surface area contributed by atoms with Crippen LogP contribution in [-0.4, -0.2) is 11.9 Å². The van der Waals surface area contributed by atoms with Gasteiger partial charge >= 0.3 is 0 Å². The topological polar surface area (TPSA) is 42.2 Å². The summed E-state index contributed by atoms with van der Waals surface area (Å²) >= 11 is 0. The molecular weight excluding hydrogens is 238 g/mol. The van der Waals surface area contributed by atoms with Crippen LogP contribution >= 0.6 is 0 Å². The summed E-state index contributed by atoms with van der Waals surface area (Å²) in [5, 5.41) is 3.22. The SMILES string of the molecule is Cc1occc1C(=O)N[C@@H]1CCCC[C@H]1C(C)(C)C. The molecule has 3 nitrogen and oxygen atoms in total. The molecule has 0 bridgehead atoms. The first-order chi connectivity index (χ1) is 8.89. The highest BCUT2D eigenvalue weighted by molar-refractivity contribution is 5.95. The van der Waals surface area contributed by atoms with Gasteiger partial charge in [0, 0.05) is 6.04 Å². The van der Waals surface area contributed by atoms with Gasteiger partial charge in [-0.25, -0.2) is 0 Å². The fraction of sp³-hybridized carbons (Fsp3) is 0.688.